The van der Waals surface area contributed by atoms with E-state index in [1.807, 2.05) is 18.5 Å². The number of rotatable bonds is 3. The lowest BCUT2D eigenvalue weighted by Crippen LogP contribution is -2.40. The summed E-state index contributed by atoms with van der Waals surface area (Å²) >= 11 is 0. The zero-order chi connectivity index (χ0) is 11.4. The van der Waals surface area contributed by atoms with E-state index in [2.05, 4.69) is 23.3 Å². The molecule has 1 aliphatic carbocycles. The fraction of sp³-hybridized carbons (Fsp3) is 0.615. The molecule has 1 aromatic rings. The average Bonchev–Trinajstić information content (AvgIpc) is 2.30. The fourth-order valence-corrected chi connectivity index (χ4v) is 2.46. The van der Waals surface area contributed by atoms with Crippen molar-refractivity contribution in [2.75, 3.05) is 0 Å². The molecule has 0 saturated heterocycles. The number of nitrogens with zero attached hydrogens (tertiary/aromatic N) is 1. The Morgan fingerprint density at radius 2 is 2.38 bits per heavy atom. The van der Waals surface area contributed by atoms with Gasteiger partial charge in [0.15, 0.2) is 0 Å². The standard InChI is InChI=1S/C13H21N3/c1-10(11-4-3-7-15-9-11)16-13-6-2-5-12(14)8-13/h3-4,7,9-10,12-13,16H,2,5-6,8,14H2,1H3/t10-,12?,13?/m1/s1. The van der Waals surface area contributed by atoms with E-state index in [1.165, 1.54) is 24.8 Å². The van der Waals surface area contributed by atoms with Crippen molar-refractivity contribution in [2.24, 2.45) is 5.73 Å². The fourth-order valence-electron chi connectivity index (χ4n) is 2.46. The Morgan fingerprint density at radius 3 is 3.06 bits per heavy atom. The molecule has 2 unspecified atom stereocenters. The van der Waals surface area contributed by atoms with Crippen LogP contribution in [0.2, 0.25) is 0 Å². The number of aromatic nitrogens is 1. The number of nitrogens with one attached hydrogen (secondary N) is 1. The molecule has 0 aliphatic heterocycles. The lowest BCUT2D eigenvalue weighted by molar-refractivity contribution is 0.318. The van der Waals surface area contributed by atoms with Gasteiger partial charge in [0.05, 0.1) is 0 Å². The maximum atomic E-state index is 5.99. The smallest absolute Gasteiger partial charge is 0.0315 e. The first-order chi connectivity index (χ1) is 7.75. The van der Waals surface area contributed by atoms with Crippen molar-refractivity contribution in [1.82, 2.24) is 10.3 Å². The van der Waals surface area contributed by atoms with Crippen LogP contribution in [0.5, 0.6) is 0 Å². The van der Waals surface area contributed by atoms with Crippen LogP contribution in [0.1, 0.15) is 44.2 Å². The van der Waals surface area contributed by atoms with Crippen LogP contribution in [0.25, 0.3) is 0 Å². The predicted octanol–water partition coefficient (Wildman–Crippen LogP) is 2.00. The van der Waals surface area contributed by atoms with E-state index in [0.29, 0.717) is 18.1 Å². The van der Waals surface area contributed by atoms with Crippen molar-refractivity contribution in [3.63, 3.8) is 0 Å². The van der Waals surface area contributed by atoms with Gasteiger partial charge in [0.25, 0.3) is 0 Å². The molecule has 1 saturated carbocycles. The van der Waals surface area contributed by atoms with Crippen LogP contribution in [-0.2, 0) is 0 Å². The second-order valence-electron chi connectivity index (χ2n) is 4.80. The maximum absolute atomic E-state index is 5.99. The average molecular weight is 219 g/mol. The van der Waals surface area contributed by atoms with Crippen molar-refractivity contribution in [2.45, 2.75) is 50.7 Å². The van der Waals surface area contributed by atoms with Crippen LogP contribution in [0.3, 0.4) is 0 Å². The molecule has 3 N–H and O–H groups in total. The molecule has 16 heavy (non-hydrogen) atoms. The molecule has 88 valence electrons. The Hall–Kier alpha value is -0.930. The summed E-state index contributed by atoms with van der Waals surface area (Å²) in [5, 5.41) is 3.65. The Balaban J connectivity index is 1.89. The molecule has 2 rings (SSSR count). The van der Waals surface area contributed by atoms with Gasteiger partial charge in [-0.15, -0.1) is 0 Å². The third-order valence-electron chi connectivity index (χ3n) is 3.38. The molecule has 1 heterocycles. The van der Waals surface area contributed by atoms with Crippen LogP contribution in [-0.4, -0.2) is 17.1 Å². The molecule has 3 atom stereocenters. The summed E-state index contributed by atoms with van der Waals surface area (Å²) in [5.74, 6) is 0. The zero-order valence-electron chi connectivity index (χ0n) is 9.89. The largest absolute Gasteiger partial charge is 0.328 e. The SMILES string of the molecule is C[C@@H](NC1CCCC(N)C1)c1cccnc1. The molecule has 1 aliphatic rings. The van der Waals surface area contributed by atoms with Gasteiger partial charge in [0, 0.05) is 30.5 Å². The normalized spacial score (nSPS) is 27.6. The van der Waals surface area contributed by atoms with Gasteiger partial charge in [0.1, 0.15) is 0 Å². The second-order valence-corrected chi connectivity index (χ2v) is 4.80. The molecule has 1 fully saturated rings. The lowest BCUT2D eigenvalue weighted by atomic mass is 9.91. The highest BCUT2D eigenvalue weighted by atomic mass is 15.0. The first-order valence-electron chi connectivity index (χ1n) is 6.17. The topological polar surface area (TPSA) is 50.9 Å². The summed E-state index contributed by atoms with van der Waals surface area (Å²) in [6, 6.07) is 5.42. The molecule has 1 aromatic heterocycles. The van der Waals surface area contributed by atoms with Crippen molar-refractivity contribution in [3.05, 3.63) is 30.1 Å². The molecule has 3 heteroatoms. The Kier molecular flexibility index (Phi) is 3.91. The number of hydrogen-bond donors (Lipinski definition) is 2. The summed E-state index contributed by atoms with van der Waals surface area (Å²) in [6.45, 7) is 2.19. The van der Waals surface area contributed by atoms with Crippen LogP contribution in [0.15, 0.2) is 24.5 Å². The highest BCUT2D eigenvalue weighted by Crippen LogP contribution is 2.20. The summed E-state index contributed by atoms with van der Waals surface area (Å²) < 4.78 is 0. The predicted molar refractivity (Wildman–Crippen MR) is 66.0 cm³/mol. The molecule has 0 radical (unpaired) electrons. The molecule has 0 bridgehead atoms. The van der Waals surface area contributed by atoms with E-state index >= 15 is 0 Å². The summed E-state index contributed by atoms with van der Waals surface area (Å²) in [4.78, 5) is 4.15. The van der Waals surface area contributed by atoms with E-state index in [-0.39, 0.29) is 0 Å². The van der Waals surface area contributed by atoms with E-state index < -0.39 is 0 Å². The van der Waals surface area contributed by atoms with E-state index in [9.17, 15) is 0 Å². The third kappa shape index (κ3) is 3.03. The van der Waals surface area contributed by atoms with Crippen LogP contribution >= 0.6 is 0 Å². The minimum Gasteiger partial charge on any atom is -0.328 e. The van der Waals surface area contributed by atoms with E-state index in [1.54, 1.807) is 0 Å². The van der Waals surface area contributed by atoms with Crippen LogP contribution in [0.4, 0.5) is 0 Å². The third-order valence-corrected chi connectivity index (χ3v) is 3.38. The van der Waals surface area contributed by atoms with Crippen molar-refractivity contribution in [3.8, 4) is 0 Å². The first kappa shape index (κ1) is 11.6. The van der Waals surface area contributed by atoms with Gasteiger partial charge in [-0.1, -0.05) is 12.5 Å². The van der Waals surface area contributed by atoms with E-state index in [0.717, 1.165) is 6.42 Å². The second kappa shape index (κ2) is 5.41. The molecule has 0 aromatic carbocycles. The number of pyridine rings is 1. The summed E-state index contributed by atoms with van der Waals surface area (Å²) in [5.41, 5.74) is 7.24. The van der Waals surface area contributed by atoms with Crippen LogP contribution < -0.4 is 11.1 Å². The summed E-state index contributed by atoms with van der Waals surface area (Å²) in [6.07, 6.45) is 8.52. The number of nitrogens with two attached hydrogens (primary N) is 1. The zero-order valence-corrected chi connectivity index (χ0v) is 9.89. The van der Waals surface area contributed by atoms with E-state index in [4.69, 9.17) is 5.73 Å². The minimum atomic E-state index is 0.365. The quantitative estimate of drug-likeness (QED) is 0.817. The molecule has 0 amide bonds. The molecular formula is C13H21N3. The Labute approximate surface area is 97.5 Å². The molecule has 3 nitrogen and oxygen atoms in total. The Bertz CT molecular complexity index is 312. The first-order valence-corrected chi connectivity index (χ1v) is 6.17. The lowest BCUT2D eigenvalue weighted by Gasteiger charge is -2.30. The van der Waals surface area contributed by atoms with Gasteiger partial charge in [-0.25, -0.2) is 0 Å². The van der Waals surface area contributed by atoms with Gasteiger partial charge in [-0.05, 0) is 37.8 Å². The van der Waals surface area contributed by atoms with Gasteiger partial charge < -0.3 is 11.1 Å². The van der Waals surface area contributed by atoms with Gasteiger partial charge in [0.2, 0.25) is 0 Å². The number of hydrogen-bond acceptors (Lipinski definition) is 3. The highest BCUT2D eigenvalue weighted by molar-refractivity contribution is 5.13. The van der Waals surface area contributed by atoms with Gasteiger partial charge in [-0.3, -0.25) is 4.98 Å². The molecule has 0 spiro atoms. The maximum Gasteiger partial charge on any atom is 0.0315 e. The monoisotopic (exact) mass is 219 g/mol. The van der Waals surface area contributed by atoms with Crippen molar-refractivity contribution < 1.29 is 0 Å². The van der Waals surface area contributed by atoms with Crippen molar-refractivity contribution in [1.29, 1.82) is 0 Å². The summed E-state index contributed by atoms with van der Waals surface area (Å²) in [7, 11) is 0. The van der Waals surface area contributed by atoms with Crippen LogP contribution in [0, 0.1) is 0 Å². The molecular weight excluding hydrogens is 198 g/mol. The van der Waals surface area contributed by atoms with Crippen molar-refractivity contribution >= 4 is 0 Å². The van der Waals surface area contributed by atoms with Gasteiger partial charge >= 0.3 is 0 Å². The minimum absolute atomic E-state index is 0.365. The van der Waals surface area contributed by atoms with Gasteiger partial charge in [-0.2, -0.15) is 0 Å². The highest BCUT2D eigenvalue weighted by Gasteiger charge is 2.20. The Morgan fingerprint density at radius 1 is 1.50 bits per heavy atom.